The number of anilines is 1. The lowest BCUT2D eigenvalue weighted by molar-refractivity contribution is -0.131. The first kappa shape index (κ1) is 17.0. The van der Waals surface area contributed by atoms with Crippen molar-refractivity contribution in [2.75, 3.05) is 18.0 Å². The minimum atomic E-state index is -3.74. The third-order valence-corrected chi connectivity index (χ3v) is 5.62. The zero-order chi connectivity index (χ0) is 18.0. The van der Waals surface area contributed by atoms with Crippen LogP contribution in [0.5, 0.6) is 5.75 Å². The van der Waals surface area contributed by atoms with Crippen LogP contribution in [0.25, 0.3) is 6.08 Å². The van der Waals surface area contributed by atoms with Gasteiger partial charge in [0.1, 0.15) is 11.6 Å². The van der Waals surface area contributed by atoms with Crippen molar-refractivity contribution in [1.29, 1.82) is 0 Å². The lowest BCUT2D eigenvalue weighted by Crippen LogP contribution is -2.29. The molecule has 130 valence electrons. The highest BCUT2D eigenvalue weighted by Gasteiger charge is 2.32. The minimum absolute atomic E-state index is 0.136. The molecule has 1 aromatic carbocycles. The number of aromatic nitrogens is 1. The summed E-state index contributed by atoms with van der Waals surface area (Å²) in [5.41, 5.74) is 1.38. The van der Waals surface area contributed by atoms with E-state index >= 15 is 0 Å². The van der Waals surface area contributed by atoms with Crippen LogP contribution in [-0.4, -0.2) is 38.1 Å². The van der Waals surface area contributed by atoms with Gasteiger partial charge in [-0.15, -0.1) is 0 Å². The minimum Gasteiger partial charge on any atom is -0.497 e. The molecule has 0 unspecified atom stereocenters. The van der Waals surface area contributed by atoms with Gasteiger partial charge in [-0.25, -0.2) is 22.5 Å². The van der Waals surface area contributed by atoms with E-state index in [2.05, 4.69) is 4.98 Å². The molecule has 1 aliphatic rings. The molecule has 0 radical (unpaired) electrons. The van der Waals surface area contributed by atoms with E-state index in [1.807, 2.05) is 0 Å². The van der Waals surface area contributed by atoms with Crippen molar-refractivity contribution in [1.82, 2.24) is 4.98 Å². The van der Waals surface area contributed by atoms with Gasteiger partial charge in [0, 0.05) is 24.9 Å². The number of carbonyl (C=O) groups is 1. The summed E-state index contributed by atoms with van der Waals surface area (Å²) in [5.74, 6) is -0.222. The number of ether oxygens (including phenoxy) is 1. The number of fused-ring (bicyclic) bond motifs is 1. The van der Waals surface area contributed by atoms with E-state index in [-0.39, 0.29) is 11.4 Å². The molecule has 1 aliphatic heterocycles. The molecule has 7 nitrogen and oxygen atoms in total. The van der Waals surface area contributed by atoms with Crippen molar-refractivity contribution in [2.24, 2.45) is 0 Å². The Morgan fingerprint density at radius 2 is 2.16 bits per heavy atom. The maximum atomic E-state index is 12.9. The highest BCUT2D eigenvalue weighted by atomic mass is 32.2. The standard InChI is InChI=1S/C17H16N2O5S/c1-24-14-3-2-4-15(10-14)25(22,23)19-8-7-13-9-12(5-6-16(20)21)11-18-17(13)19/h2-6,9-11H,7-8H2,1H3,(H,20,21). The maximum Gasteiger partial charge on any atom is 0.328 e. The van der Waals surface area contributed by atoms with Crippen molar-refractivity contribution >= 4 is 27.9 Å². The summed E-state index contributed by atoms with van der Waals surface area (Å²) in [4.78, 5) is 15.0. The average Bonchev–Trinajstić information content (AvgIpc) is 3.04. The summed E-state index contributed by atoms with van der Waals surface area (Å²) in [6.07, 6.45) is 4.41. The van der Waals surface area contributed by atoms with Gasteiger partial charge in [-0.05, 0) is 41.8 Å². The van der Waals surface area contributed by atoms with Gasteiger partial charge in [-0.3, -0.25) is 0 Å². The third-order valence-electron chi connectivity index (χ3n) is 3.83. The second-order valence-corrected chi connectivity index (χ2v) is 7.29. The van der Waals surface area contributed by atoms with Crippen LogP contribution < -0.4 is 9.04 Å². The molecule has 1 aromatic heterocycles. The van der Waals surface area contributed by atoms with Crippen LogP contribution >= 0.6 is 0 Å². The Morgan fingerprint density at radius 1 is 1.36 bits per heavy atom. The lowest BCUT2D eigenvalue weighted by atomic mass is 10.1. The first-order valence-corrected chi connectivity index (χ1v) is 8.92. The summed E-state index contributed by atoms with van der Waals surface area (Å²) < 4.78 is 32.2. The van der Waals surface area contributed by atoms with Crippen molar-refractivity contribution in [3.8, 4) is 5.75 Å². The largest absolute Gasteiger partial charge is 0.497 e. The molecular weight excluding hydrogens is 344 g/mol. The Morgan fingerprint density at radius 3 is 2.88 bits per heavy atom. The molecule has 0 saturated carbocycles. The van der Waals surface area contributed by atoms with Crippen molar-refractivity contribution in [3.63, 3.8) is 0 Å². The fourth-order valence-electron chi connectivity index (χ4n) is 2.64. The van der Waals surface area contributed by atoms with E-state index in [0.717, 1.165) is 11.6 Å². The normalized spacial score (nSPS) is 13.9. The van der Waals surface area contributed by atoms with Gasteiger partial charge in [0.05, 0.1) is 12.0 Å². The molecule has 0 aliphatic carbocycles. The molecule has 0 bridgehead atoms. The van der Waals surface area contributed by atoms with Crippen molar-refractivity contribution < 1.29 is 23.1 Å². The van der Waals surface area contributed by atoms with Gasteiger partial charge in [0.15, 0.2) is 0 Å². The van der Waals surface area contributed by atoms with E-state index in [0.29, 0.717) is 23.6 Å². The van der Waals surface area contributed by atoms with Gasteiger partial charge in [-0.2, -0.15) is 0 Å². The molecule has 25 heavy (non-hydrogen) atoms. The number of nitrogens with zero attached hydrogens (tertiary/aromatic N) is 2. The van der Waals surface area contributed by atoms with E-state index in [1.54, 1.807) is 18.2 Å². The van der Waals surface area contributed by atoms with Crippen LogP contribution in [0.15, 0.2) is 47.5 Å². The zero-order valence-corrected chi connectivity index (χ0v) is 14.2. The van der Waals surface area contributed by atoms with Gasteiger partial charge in [-0.1, -0.05) is 6.07 Å². The molecule has 8 heteroatoms. The zero-order valence-electron chi connectivity index (χ0n) is 13.4. The van der Waals surface area contributed by atoms with Crippen LogP contribution in [0.1, 0.15) is 11.1 Å². The Labute approximate surface area is 145 Å². The van der Waals surface area contributed by atoms with Crippen LogP contribution in [0.2, 0.25) is 0 Å². The number of hydrogen-bond acceptors (Lipinski definition) is 5. The molecule has 0 fully saturated rings. The SMILES string of the molecule is COc1cccc(S(=O)(=O)N2CCc3cc(C=CC(=O)O)cnc32)c1. The maximum absolute atomic E-state index is 12.9. The Kier molecular flexibility index (Phi) is 4.45. The molecule has 2 aromatic rings. The van der Waals surface area contributed by atoms with Crippen LogP contribution in [0, 0.1) is 0 Å². The van der Waals surface area contributed by atoms with Gasteiger partial charge >= 0.3 is 5.97 Å². The highest BCUT2D eigenvalue weighted by molar-refractivity contribution is 7.92. The number of sulfonamides is 1. The predicted octanol–water partition coefficient (Wildman–Crippen LogP) is 1.94. The van der Waals surface area contributed by atoms with Gasteiger partial charge in [0.25, 0.3) is 10.0 Å². The second-order valence-electron chi connectivity index (χ2n) is 5.43. The molecule has 0 atom stereocenters. The number of rotatable bonds is 5. The predicted molar refractivity (Wildman–Crippen MR) is 92.1 cm³/mol. The summed E-state index contributed by atoms with van der Waals surface area (Å²) in [5, 5.41) is 8.68. The molecule has 3 rings (SSSR count). The van der Waals surface area contributed by atoms with Gasteiger partial charge in [0.2, 0.25) is 0 Å². The van der Waals surface area contributed by atoms with E-state index in [9.17, 15) is 13.2 Å². The van der Waals surface area contributed by atoms with Crippen LogP contribution in [-0.2, 0) is 21.2 Å². The summed E-state index contributed by atoms with van der Waals surface area (Å²) in [7, 11) is -2.27. The number of methoxy groups -OCH3 is 1. The molecule has 1 N–H and O–H groups in total. The van der Waals surface area contributed by atoms with Crippen molar-refractivity contribution in [2.45, 2.75) is 11.3 Å². The first-order valence-electron chi connectivity index (χ1n) is 7.48. The number of pyridine rings is 1. The van der Waals surface area contributed by atoms with Gasteiger partial charge < -0.3 is 9.84 Å². The summed E-state index contributed by atoms with van der Waals surface area (Å²) in [6.45, 7) is 0.286. The number of benzene rings is 1. The van der Waals surface area contributed by atoms with Crippen LogP contribution in [0.3, 0.4) is 0 Å². The number of carboxylic acids is 1. The van der Waals surface area contributed by atoms with Crippen LogP contribution in [0.4, 0.5) is 5.82 Å². The van der Waals surface area contributed by atoms with E-state index in [1.165, 1.54) is 35.8 Å². The summed E-state index contributed by atoms with van der Waals surface area (Å²) in [6, 6.07) is 8.03. The topological polar surface area (TPSA) is 96.8 Å². The quantitative estimate of drug-likeness (QED) is 0.819. The first-order chi connectivity index (χ1) is 11.9. The molecule has 2 heterocycles. The van der Waals surface area contributed by atoms with Crippen molar-refractivity contribution in [3.05, 3.63) is 53.7 Å². The smallest absolute Gasteiger partial charge is 0.328 e. The second kappa shape index (κ2) is 6.56. The number of aliphatic carboxylic acids is 1. The Balaban J connectivity index is 1.95. The van der Waals surface area contributed by atoms with E-state index in [4.69, 9.17) is 9.84 Å². The Hall–Kier alpha value is -2.87. The molecule has 0 amide bonds. The molecule has 0 spiro atoms. The fraction of sp³-hybridized carbons (Fsp3) is 0.176. The average molecular weight is 360 g/mol. The third kappa shape index (κ3) is 3.34. The molecular formula is C17H16N2O5S. The Bertz CT molecular complexity index is 953. The number of hydrogen-bond donors (Lipinski definition) is 1. The summed E-state index contributed by atoms with van der Waals surface area (Å²) >= 11 is 0. The monoisotopic (exact) mass is 360 g/mol. The lowest BCUT2D eigenvalue weighted by Gasteiger charge is -2.19. The molecule has 0 saturated heterocycles. The highest BCUT2D eigenvalue weighted by Crippen LogP contribution is 2.32. The van der Waals surface area contributed by atoms with E-state index < -0.39 is 16.0 Å². The fourth-order valence-corrected chi connectivity index (χ4v) is 4.13. The number of carboxylic acid groups (broad SMARTS) is 1.